The summed E-state index contributed by atoms with van der Waals surface area (Å²) in [5.74, 6) is 0. The quantitative estimate of drug-likeness (QED) is 0.548. The first-order chi connectivity index (χ1) is 3.68. The maximum Gasteiger partial charge on any atom is 0.100 e. The van der Waals surface area contributed by atoms with E-state index in [4.69, 9.17) is 0 Å². The van der Waals surface area contributed by atoms with Crippen molar-refractivity contribution in [2.24, 2.45) is 0 Å². The lowest BCUT2D eigenvalue weighted by Crippen LogP contribution is -2.19. The lowest BCUT2D eigenvalue weighted by atomic mass is 10.0. The van der Waals surface area contributed by atoms with Crippen LogP contribution in [0.2, 0.25) is 0 Å². The topological polar surface area (TPSA) is 20.2 Å². The highest BCUT2D eigenvalue weighted by atomic mass is 16.3. The average molecular weight is 112 g/mol. The Hall–Kier alpha value is -0.560. The van der Waals surface area contributed by atoms with Crippen LogP contribution in [-0.2, 0) is 0 Å². The molecule has 0 saturated heterocycles. The van der Waals surface area contributed by atoms with E-state index in [1.165, 1.54) is 12.2 Å². The normalized spacial score (nSPS) is 10.8. The molecular weight excluding hydrogens is 100 g/mol. The van der Waals surface area contributed by atoms with Gasteiger partial charge in [-0.2, -0.15) is 0 Å². The van der Waals surface area contributed by atoms with Crippen LogP contribution in [0.15, 0.2) is 25.3 Å². The molecule has 0 aromatic carbocycles. The van der Waals surface area contributed by atoms with E-state index in [0.717, 1.165) is 0 Å². The third-order valence-corrected chi connectivity index (χ3v) is 1.27. The van der Waals surface area contributed by atoms with Crippen molar-refractivity contribution < 1.29 is 5.11 Å². The number of hydrogen-bond donors (Lipinski definition) is 1. The van der Waals surface area contributed by atoms with Crippen molar-refractivity contribution in [3.63, 3.8) is 0 Å². The van der Waals surface area contributed by atoms with Crippen LogP contribution in [0.25, 0.3) is 0 Å². The summed E-state index contributed by atoms with van der Waals surface area (Å²) in [6.45, 7) is 8.78. The number of rotatable bonds is 3. The van der Waals surface area contributed by atoms with Crippen LogP contribution in [0.5, 0.6) is 0 Å². The van der Waals surface area contributed by atoms with E-state index in [0.29, 0.717) is 6.42 Å². The molecule has 0 aliphatic heterocycles. The third-order valence-electron chi connectivity index (χ3n) is 1.27. The Kier molecular flexibility index (Phi) is 2.49. The summed E-state index contributed by atoms with van der Waals surface area (Å²) in [6.07, 6.45) is 3.61. The highest BCUT2D eigenvalue weighted by Crippen LogP contribution is 2.10. The zero-order valence-electron chi connectivity index (χ0n) is 5.22. The predicted molar refractivity (Wildman–Crippen MR) is 35.6 cm³/mol. The number of aliphatic hydroxyl groups is 1. The van der Waals surface area contributed by atoms with Gasteiger partial charge in [0, 0.05) is 0 Å². The molecule has 8 heavy (non-hydrogen) atoms. The highest BCUT2D eigenvalue weighted by Gasteiger charge is 2.12. The van der Waals surface area contributed by atoms with Crippen molar-refractivity contribution in [1.82, 2.24) is 0 Å². The van der Waals surface area contributed by atoms with E-state index < -0.39 is 5.60 Å². The largest absolute Gasteiger partial charge is 0.382 e. The first-order valence-corrected chi connectivity index (χ1v) is 2.68. The lowest BCUT2D eigenvalue weighted by Gasteiger charge is -2.15. The Morgan fingerprint density at radius 3 is 1.88 bits per heavy atom. The zero-order chi connectivity index (χ0) is 6.62. The summed E-state index contributed by atoms with van der Waals surface area (Å²) in [5.41, 5.74) is -0.847. The highest BCUT2D eigenvalue weighted by molar-refractivity contribution is 5.06. The molecule has 0 heterocycles. The van der Waals surface area contributed by atoms with Crippen LogP contribution in [-0.4, -0.2) is 10.7 Å². The molecule has 1 N–H and O–H groups in total. The Bertz CT molecular complexity index is 86.6. The van der Waals surface area contributed by atoms with Crippen molar-refractivity contribution in [3.05, 3.63) is 25.3 Å². The van der Waals surface area contributed by atoms with Gasteiger partial charge in [0.2, 0.25) is 0 Å². The van der Waals surface area contributed by atoms with Crippen molar-refractivity contribution in [1.29, 1.82) is 0 Å². The van der Waals surface area contributed by atoms with E-state index in [2.05, 4.69) is 13.2 Å². The predicted octanol–water partition coefficient (Wildman–Crippen LogP) is 1.50. The van der Waals surface area contributed by atoms with Crippen LogP contribution in [0, 0.1) is 0 Å². The molecule has 0 aliphatic rings. The second-order valence-corrected chi connectivity index (χ2v) is 1.75. The third kappa shape index (κ3) is 1.51. The first kappa shape index (κ1) is 7.44. The van der Waals surface area contributed by atoms with Gasteiger partial charge in [-0.25, -0.2) is 0 Å². The van der Waals surface area contributed by atoms with Crippen LogP contribution >= 0.6 is 0 Å². The molecule has 0 atom stereocenters. The van der Waals surface area contributed by atoms with E-state index in [-0.39, 0.29) is 0 Å². The fourth-order valence-corrected chi connectivity index (χ4v) is 0.372. The fraction of sp³-hybridized carbons (Fsp3) is 0.429. The van der Waals surface area contributed by atoms with Gasteiger partial charge in [-0.3, -0.25) is 0 Å². The van der Waals surface area contributed by atoms with E-state index >= 15 is 0 Å². The molecule has 0 amide bonds. The first-order valence-electron chi connectivity index (χ1n) is 2.68. The second-order valence-electron chi connectivity index (χ2n) is 1.75. The van der Waals surface area contributed by atoms with E-state index in [9.17, 15) is 5.11 Å². The van der Waals surface area contributed by atoms with Gasteiger partial charge in [0.15, 0.2) is 0 Å². The fourth-order valence-electron chi connectivity index (χ4n) is 0.372. The van der Waals surface area contributed by atoms with Gasteiger partial charge >= 0.3 is 0 Å². The van der Waals surface area contributed by atoms with Gasteiger partial charge in [-0.1, -0.05) is 32.2 Å². The van der Waals surface area contributed by atoms with Gasteiger partial charge in [-0.05, 0) is 6.42 Å². The van der Waals surface area contributed by atoms with Gasteiger partial charge in [0.05, 0.1) is 0 Å². The molecule has 0 radical (unpaired) electrons. The standard InChI is InChI=1S/C7H12O/c1-4-7(8,5-2)6-3/h4-5,8H,1-2,6H2,3H3. The molecule has 0 fully saturated rings. The van der Waals surface area contributed by atoms with Gasteiger partial charge in [0.25, 0.3) is 0 Å². The van der Waals surface area contributed by atoms with Crippen molar-refractivity contribution in [2.75, 3.05) is 0 Å². The maximum absolute atomic E-state index is 9.20. The molecule has 0 aliphatic carbocycles. The summed E-state index contributed by atoms with van der Waals surface area (Å²) >= 11 is 0. The van der Waals surface area contributed by atoms with Crippen molar-refractivity contribution in [2.45, 2.75) is 18.9 Å². The van der Waals surface area contributed by atoms with Crippen LogP contribution in [0.4, 0.5) is 0 Å². The molecule has 0 saturated carbocycles. The molecule has 0 aromatic rings. The lowest BCUT2D eigenvalue weighted by molar-refractivity contribution is 0.139. The molecule has 1 heteroatoms. The van der Waals surface area contributed by atoms with Gasteiger partial charge in [0.1, 0.15) is 5.60 Å². The van der Waals surface area contributed by atoms with Crippen LogP contribution < -0.4 is 0 Å². The molecule has 0 aromatic heterocycles. The van der Waals surface area contributed by atoms with E-state index in [1.807, 2.05) is 6.92 Å². The molecule has 0 bridgehead atoms. The molecule has 1 nitrogen and oxygen atoms in total. The SMILES string of the molecule is C=CC(O)(C=C)CC. The average Bonchev–Trinajstić information content (AvgIpc) is 1.87. The van der Waals surface area contributed by atoms with Crippen molar-refractivity contribution in [3.8, 4) is 0 Å². The zero-order valence-corrected chi connectivity index (χ0v) is 5.22. The Balaban J connectivity index is 3.96. The minimum atomic E-state index is -0.847. The Morgan fingerprint density at radius 1 is 1.50 bits per heavy atom. The van der Waals surface area contributed by atoms with Crippen LogP contribution in [0.3, 0.4) is 0 Å². The minimum Gasteiger partial charge on any atom is -0.382 e. The molecule has 0 spiro atoms. The monoisotopic (exact) mass is 112 g/mol. The maximum atomic E-state index is 9.20. The van der Waals surface area contributed by atoms with Crippen LogP contribution in [0.1, 0.15) is 13.3 Å². The van der Waals surface area contributed by atoms with Crippen molar-refractivity contribution >= 4 is 0 Å². The second kappa shape index (κ2) is 2.68. The summed E-state index contributed by atoms with van der Waals surface area (Å²) in [4.78, 5) is 0. The Morgan fingerprint density at radius 2 is 1.88 bits per heavy atom. The molecular formula is C7H12O. The molecule has 0 rings (SSSR count). The summed E-state index contributed by atoms with van der Waals surface area (Å²) in [5, 5.41) is 9.20. The number of hydrogen-bond acceptors (Lipinski definition) is 1. The van der Waals surface area contributed by atoms with Gasteiger partial charge < -0.3 is 5.11 Å². The molecule has 46 valence electrons. The Labute approximate surface area is 50.3 Å². The summed E-state index contributed by atoms with van der Waals surface area (Å²) < 4.78 is 0. The summed E-state index contributed by atoms with van der Waals surface area (Å²) in [7, 11) is 0. The molecule has 0 unspecified atom stereocenters. The minimum absolute atomic E-state index is 0.639. The summed E-state index contributed by atoms with van der Waals surface area (Å²) in [6, 6.07) is 0. The van der Waals surface area contributed by atoms with Gasteiger partial charge in [-0.15, -0.1) is 0 Å². The smallest absolute Gasteiger partial charge is 0.100 e. The van der Waals surface area contributed by atoms with E-state index in [1.54, 1.807) is 0 Å².